The monoisotopic (exact) mass is 1270 g/mol. The third-order valence-electron chi connectivity index (χ3n) is 17.8. The van der Waals surface area contributed by atoms with Crippen molar-refractivity contribution in [1.29, 1.82) is 0 Å². The first kappa shape index (κ1) is 85.9. The lowest BCUT2D eigenvalue weighted by Gasteiger charge is -2.40. The molecule has 0 aromatic rings. The van der Waals surface area contributed by atoms with Crippen LogP contribution in [0.25, 0.3) is 0 Å². The molecule has 91 heavy (non-hydrogen) atoms. The van der Waals surface area contributed by atoms with Crippen LogP contribution in [-0.2, 0) is 14.3 Å². The minimum Gasteiger partial charge on any atom is -0.394 e. The molecule has 1 amide bonds. The van der Waals surface area contributed by atoms with Gasteiger partial charge in [0.05, 0.1) is 25.4 Å². The van der Waals surface area contributed by atoms with E-state index >= 15 is 0 Å². The van der Waals surface area contributed by atoms with Crippen molar-refractivity contribution in [2.24, 2.45) is 0 Å². The number of nitrogens with one attached hydrogen (secondary N) is 1. The van der Waals surface area contributed by atoms with Gasteiger partial charge in [-0.25, -0.2) is 0 Å². The number of amides is 1. The van der Waals surface area contributed by atoms with Crippen molar-refractivity contribution < 1.29 is 39.8 Å². The summed E-state index contributed by atoms with van der Waals surface area (Å²) in [4.78, 5) is 13.2. The Hall–Kier alpha value is -3.15. The molecule has 0 saturated carbocycles. The lowest BCUT2D eigenvalue weighted by molar-refractivity contribution is -0.302. The van der Waals surface area contributed by atoms with Crippen LogP contribution in [0.15, 0.2) is 109 Å². The lowest BCUT2D eigenvalue weighted by atomic mass is 9.99. The Kier molecular flexibility index (Phi) is 65.7. The fraction of sp³-hybridized carbons (Fsp3) is 0.768. The SMILES string of the molecule is CC/C=C\C/C=C\C/C=C\C/C=C\C/C=C\C/C=C\CCCCCCCCCCCCCCCCCCCCCCC(=O)NC(COC1OC(CO)C(O)C(O)C1O)C(O)/C=C/CC/C=C/CC/C=C/CCCCCCCCCCCCCCCCCCCCC. The van der Waals surface area contributed by atoms with Crippen LogP contribution in [0.1, 0.15) is 348 Å². The van der Waals surface area contributed by atoms with Crippen molar-refractivity contribution in [2.75, 3.05) is 13.2 Å². The van der Waals surface area contributed by atoms with Gasteiger partial charge in [-0.2, -0.15) is 0 Å². The van der Waals surface area contributed by atoms with Crippen LogP contribution in [-0.4, -0.2) is 87.5 Å². The zero-order valence-corrected chi connectivity index (χ0v) is 59.1. The maximum Gasteiger partial charge on any atom is 0.220 e. The van der Waals surface area contributed by atoms with Crippen LogP contribution in [0.5, 0.6) is 0 Å². The average molecular weight is 1270 g/mol. The first-order valence-corrected chi connectivity index (χ1v) is 38.6. The van der Waals surface area contributed by atoms with Crippen molar-refractivity contribution in [3.8, 4) is 0 Å². The van der Waals surface area contributed by atoms with Gasteiger partial charge in [0.25, 0.3) is 0 Å². The van der Waals surface area contributed by atoms with Gasteiger partial charge in [-0.3, -0.25) is 4.79 Å². The molecule has 0 radical (unpaired) electrons. The van der Waals surface area contributed by atoms with E-state index < -0.39 is 49.5 Å². The summed E-state index contributed by atoms with van der Waals surface area (Å²) in [5, 5.41) is 54.8. The minimum absolute atomic E-state index is 0.188. The molecule has 1 heterocycles. The van der Waals surface area contributed by atoms with Crippen LogP contribution in [0.3, 0.4) is 0 Å². The smallest absolute Gasteiger partial charge is 0.220 e. The Morgan fingerprint density at radius 1 is 0.385 bits per heavy atom. The molecule has 1 aliphatic rings. The highest BCUT2D eigenvalue weighted by atomic mass is 16.7. The van der Waals surface area contributed by atoms with E-state index in [1.54, 1.807) is 6.08 Å². The van der Waals surface area contributed by atoms with Crippen molar-refractivity contribution in [3.63, 3.8) is 0 Å². The third-order valence-corrected chi connectivity index (χ3v) is 17.8. The van der Waals surface area contributed by atoms with Crippen LogP contribution in [0, 0.1) is 0 Å². The number of ether oxygens (including phenoxy) is 2. The molecule has 0 spiro atoms. The largest absolute Gasteiger partial charge is 0.394 e. The van der Waals surface area contributed by atoms with Crippen LogP contribution in [0.2, 0.25) is 0 Å². The van der Waals surface area contributed by atoms with Gasteiger partial charge >= 0.3 is 0 Å². The molecule has 7 atom stereocenters. The topological polar surface area (TPSA) is 149 Å². The quantitative estimate of drug-likeness (QED) is 0.0261. The highest BCUT2D eigenvalue weighted by molar-refractivity contribution is 5.76. The van der Waals surface area contributed by atoms with E-state index in [0.717, 1.165) is 83.5 Å². The van der Waals surface area contributed by atoms with E-state index in [1.165, 1.54) is 244 Å². The van der Waals surface area contributed by atoms with Crippen LogP contribution < -0.4 is 5.32 Å². The zero-order chi connectivity index (χ0) is 65.7. The highest BCUT2D eigenvalue weighted by Gasteiger charge is 2.44. The predicted molar refractivity (Wildman–Crippen MR) is 391 cm³/mol. The van der Waals surface area contributed by atoms with E-state index in [-0.39, 0.29) is 12.5 Å². The van der Waals surface area contributed by atoms with Gasteiger partial charge in [0, 0.05) is 6.42 Å². The number of carbonyl (C=O) groups is 1. The Labute approximate surface area is 561 Å². The maximum absolute atomic E-state index is 13.2. The third kappa shape index (κ3) is 58.0. The molecule has 1 saturated heterocycles. The van der Waals surface area contributed by atoms with Gasteiger partial charge in [-0.15, -0.1) is 0 Å². The Bertz CT molecular complexity index is 1810. The van der Waals surface area contributed by atoms with Crippen LogP contribution >= 0.6 is 0 Å². The second kappa shape index (κ2) is 69.7. The summed E-state index contributed by atoms with van der Waals surface area (Å²) in [5.41, 5.74) is 0. The minimum atomic E-state index is -1.58. The fourth-order valence-electron chi connectivity index (χ4n) is 11.8. The van der Waals surface area contributed by atoms with E-state index in [9.17, 15) is 30.3 Å². The zero-order valence-electron chi connectivity index (χ0n) is 59.1. The summed E-state index contributed by atoms with van der Waals surface area (Å²) in [6.07, 6.45) is 96.5. The normalized spacial score (nSPS) is 18.3. The van der Waals surface area contributed by atoms with Crippen molar-refractivity contribution >= 4 is 5.91 Å². The van der Waals surface area contributed by atoms with Crippen molar-refractivity contribution in [2.45, 2.75) is 391 Å². The van der Waals surface area contributed by atoms with E-state index in [4.69, 9.17) is 9.47 Å². The van der Waals surface area contributed by atoms with E-state index in [2.05, 4.69) is 116 Å². The van der Waals surface area contributed by atoms with Gasteiger partial charge in [0.2, 0.25) is 5.91 Å². The summed E-state index contributed by atoms with van der Waals surface area (Å²) >= 11 is 0. The van der Waals surface area contributed by atoms with Gasteiger partial charge < -0.3 is 40.3 Å². The summed E-state index contributed by atoms with van der Waals surface area (Å²) in [6.45, 7) is 3.68. The Morgan fingerprint density at radius 3 is 1.05 bits per heavy atom. The van der Waals surface area contributed by atoms with E-state index in [0.29, 0.717) is 6.42 Å². The first-order valence-electron chi connectivity index (χ1n) is 38.6. The average Bonchev–Trinajstić information content (AvgIpc) is 1.33. The molecule has 7 unspecified atom stereocenters. The number of carbonyl (C=O) groups excluding carboxylic acids is 1. The first-order chi connectivity index (χ1) is 44.8. The molecule has 1 rings (SSSR count). The van der Waals surface area contributed by atoms with Gasteiger partial charge in [-0.1, -0.05) is 354 Å². The number of unbranched alkanes of at least 4 members (excludes halogenated alkanes) is 41. The molecule has 526 valence electrons. The number of hydrogen-bond donors (Lipinski definition) is 6. The Morgan fingerprint density at radius 2 is 0.692 bits per heavy atom. The van der Waals surface area contributed by atoms with Crippen molar-refractivity contribution in [3.05, 3.63) is 109 Å². The number of aliphatic hydroxyl groups is 5. The standard InChI is InChI=1S/C82H145NO8/c1-3-5-7-9-11-13-15-17-19-21-23-25-27-29-31-33-34-35-36-37-38-39-40-41-42-44-46-48-50-52-54-56-58-60-62-64-66-68-70-72-78(86)83-75(74-90-82-81(89)80(88)79(87)77(73-84)91-82)76(85)71-69-67-65-63-61-59-57-55-53-51-49-47-45-43-32-30-28-26-24-22-20-18-16-14-12-10-8-6-4-2/h5,7,11,13,17,19,23,25,29,31,34-35,53,55,61,63,69,71,75-77,79-82,84-85,87-89H,3-4,6,8-10,12,14-16,18,20-22,24,26-28,30,32-33,36-52,54,56-60,62,64-68,70,72-74H2,1-2H3,(H,83,86)/b7-5-,13-11-,19-17-,25-23-,31-29-,35-34-,55-53+,63-61+,71-69+. The Balaban J connectivity index is 2.11. The summed E-state index contributed by atoms with van der Waals surface area (Å²) in [5.74, 6) is -0.188. The molecule has 9 nitrogen and oxygen atoms in total. The molecule has 1 fully saturated rings. The van der Waals surface area contributed by atoms with Gasteiger partial charge in [0.1, 0.15) is 24.4 Å². The predicted octanol–water partition coefficient (Wildman–Crippen LogP) is 22.0. The second-order valence-electron chi connectivity index (χ2n) is 26.4. The fourth-order valence-corrected chi connectivity index (χ4v) is 11.8. The number of hydrogen-bond acceptors (Lipinski definition) is 8. The molecule has 0 bridgehead atoms. The van der Waals surface area contributed by atoms with Crippen molar-refractivity contribution in [1.82, 2.24) is 5.32 Å². The molecular weight excluding hydrogens is 1130 g/mol. The van der Waals surface area contributed by atoms with Crippen LogP contribution in [0.4, 0.5) is 0 Å². The molecule has 1 aliphatic heterocycles. The molecule has 9 heteroatoms. The molecular formula is C82H145NO8. The maximum atomic E-state index is 13.2. The molecule has 0 aliphatic carbocycles. The summed E-state index contributed by atoms with van der Waals surface area (Å²) < 4.78 is 11.3. The molecule has 0 aromatic heterocycles. The highest BCUT2D eigenvalue weighted by Crippen LogP contribution is 2.23. The van der Waals surface area contributed by atoms with Gasteiger partial charge in [-0.05, 0) is 96.3 Å². The second-order valence-corrected chi connectivity index (χ2v) is 26.4. The lowest BCUT2D eigenvalue weighted by Crippen LogP contribution is -2.60. The summed E-state index contributed by atoms with van der Waals surface area (Å²) in [7, 11) is 0. The van der Waals surface area contributed by atoms with E-state index in [1.807, 2.05) is 6.08 Å². The molecule has 6 N–H and O–H groups in total. The number of rotatable bonds is 67. The summed E-state index contributed by atoms with van der Waals surface area (Å²) in [6, 6.07) is -0.834. The van der Waals surface area contributed by atoms with Gasteiger partial charge in [0.15, 0.2) is 6.29 Å². The molecule has 0 aromatic carbocycles. The number of aliphatic hydroxyl groups excluding tert-OH is 5. The number of allylic oxidation sites excluding steroid dienone is 17.